The highest BCUT2D eigenvalue weighted by atomic mass is 16.5. The largest absolute Gasteiger partial charge is 0.465 e. The van der Waals surface area contributed by atoms with Gasteiger partial charge in [0.2, 0.25) is 0 Å². The number of likely N-dealkylation sites (N-methyl/N-ethyl adjacent to an activating group) is 1. The maximum Gasteiger partial charge on any atom is 0.324 e. The van der Waals surface area contributed by atoms with E-state index in [4.69, 9.17) is 4.74 Å². The smallest absolute Gasteiger partial charge is 0.324 e. The van der Waals surface area contributed by atoms with Gasteiger partial charge in [-0.3, -0.25) is 4.79 Å². The molecule has 4 heteroatoms. The molecule has 0 radical (unpaired) electrons. The molecule has 1 N–H and O–H groups in total. The van der Waals surface area contributed by atoms with E-state index in [0.29, 0.717) is 13.2 Å². The average Bonchev–Trinajstić information content (AvgIpc) is 2.25. The molecule has 0 aliphatic heterocycles. The van der Waals surface area contributed by atoms with E-state index in [-0.39, 0.29) is 18.1 Å². The van der Waals surface area contributed by atoms with E-state index in [9.17, 15) is 4.79 Å². The van der Waals surface area contributed by atoms with Gasteiger partial charge in [0.05, 0.1) is 6.61 Å². The van der Waals surface area contributed by atoms with Crippen LogP contribution in [-0.2, 0) is 9.53 Å². The van der Waals surface area contributed by atoms with Crippen LogP contribution in [-0.4, -0.2) is 49.7 Å². The van der Waals surface area contributed by atoms with E-state index in [0.717, 1.165) is 13.0 Å². The van der Waals surface area contributed by atoms with Crippen molar-refractivity contribution in [1.29, 1.82) is 0 Å². The van der Waals surface area contributed by atoms with Gasteiger partial charge in [0.1, 0.15) is 6.04 Å². The zero-order chi connectivity index (χ0) is 13.3. The molecular weight excluding hydrogens is 216 g/mol. The van der Waals surface area contributed by atoms with Gasteiger partial charge in [-0.25, -0.2) is 0 Å². The Morgan fingerprint density at radius 3 is 2.47 bits per heavy atom. The zero-order valence-electron chi connectivity index (χ0n) is 12.0. The first-order valence-electron chi connectivity index (χ1n) is 6.62. The van der Waals surface area contributed by atoms with Crippen molar-refractivity contribution in [3.63, 3.8) is 0 Å². The van der Waals surface area contributed by atoms with Crippen LogP contribution in [0.4, 0.5) is 0 Å². The van der Waals surface area contributed by atoms with Crippen LogP contribution in [0.1, 0.15) is 40.5 Å². The first-order valence-corrected chi connectivity index (χ1v) is 6.62. The molecule has 0 heterocycles. The molecule has 0 amide bonds. The lowest BCUT2D eigenvalue weighted by atomic mass is 10.2. The summed E-state index contributed by atoms with van der Waals surface area (Å²) in [5.74, 6) is -0.149. The molecular formula is C13H28N2O2. The fourth-order valence-corrected chi connectivity index (χ4v) is 1.67. The van der Waals surface area contributed by atoms with Crippen molar-refractivity contribution < 1.29 is 9.53 Å². The van der Waals surface area contributed by atoms with Crippen molar-refractivity contribution >= 4 is 5.97 Å². The van der Waals surface area contributed by atoms with Crippen molar-refractivity contribution in [2.45, 2.75) is 52.6 Å². The monoisotopic (exact) mass is 244 g/mol. The molecule has 0 fully saturated rings. The molecule has 0 aliphatic rings. The van der Waals surface area contributed by atoms with Crippen LogP contribution in [0, 0.1) is 0 Å². The van der Waals surface area contributed by atoms with E-state index in [1.54, 1.807) is 0 Å². The highest BCUT2D eigenvalue weighted by Gasteiger charge is 2.21. The van der Waals surface area contributed by atoms with Crippen molar-refractivity contribution in [2.75, 3.05) is 26.7 Å². The number of nitrogens with one attached hydrogen (secondary N) is 1. The molecule has 0 aliphatic carbocycles. The van der Waals surface area contributed by atoms with Gasteiger partial charge >= 0.3 is 5.97 Å². The normalized spacial score (nSPS) is 13.1. The van der Waals surface area contributed by atoms with Crippen LogP contribution in [0.2, 0.25) is 0 Å². The van der Waals surface area contributed by atoms with Crippen molar-refractivity contribution in [3.05, 3.63) is 0 Å². The minimum Gasteiger partial charge on any atom is -0.465 e. The summed E-state index contributed by atoms with van der Waals surface area (Å²) in [6.07, 6.45) is 2.33. The van der Waals surface area contributed by atoms with E-state index in [2.05, 4.69) is 17.1 Å². The molecule has 17 heavy (non-hydrogen) atoms. The summed E-state index contributed by atoms with van der Waals surface area (Å²) in [5, 5.41) is 3.26. The summed E-state index contributed by atoms with van der Waals surface area (Å²) < 4.78 is 5.08. The standard InChI is InChI=1S/C13H28N2O2/c1-6-8-9-15(5)10-12(14-11(3)4)13(16)17-7-2/h11-12,14H,6-10H2,1-5H3. The third-order valence-corrected chi connectivity index (χ3v) is 2.49. The number of carbonyl (C=O) groups excluding carboxylic acids is 1. The van der Waals surface area contributed by atoms with E-state index >= 15 is 0 Å². The summed E-state index contributed by atoms with van der Waals surface area (Å²) in [6, 6.07) is 0.0563. The van der Waals surface area contributed by atoms with Crippen LogP contribution in [0.25, 0.3) is 0 Å². The maximum atomic E-state index is 11.8. The summed E-state index contributed by atoms with van der Waals surface area (Å²) in [6.45, 7) is 10.3. The lowest BCUT2D eigenvalue weighted by Gasteiger charge is -2.25. The Labute approximate surface area is 106 Å². The molecule has 0 rings (SSSR count). The third kappa shape index (κ3) is 8.16. The van der Waals surface area contributed by atoms with Gasteiger partial charge < -0.3 is 15.0 Å². The molecule has 102 valence electrons. The second-order valence-corrected chi connectivity index (χ2v) is 4.74. The third-order valence-electron chi connectivity index (χ3n) is 2.49. The van der Waals surface area contributed by atoms with Crippen molar-refractivity contribution in [1.82, 2.24) is 10.2 Å². The van der Waals surface area contributed by atoms with Crippen molar-refractivity contribution in [3.8, 4) is 0 Å². The highest BCUT2D eigenvalue weighted by molar-refractivity contribution is 5.76. The Kier molecular flexibility index (Phi) is 9.09. The van der Waals surface area contributed by atoms with Gasteiger partial charge in [0.15, 0.2) is 0 Å². The Bertz CT molecular complexity index is 208. The molecule has 1 atom stereocenters. The lowest BCUT2D eigenvalue weighted by molar-refractivity contribution is -0.146. The second kappa shape index (κ2) is 9.42. The van der Waals surface area contributed by atoms with Crippen LogP contribution in [0.3, 0.4) is 0 Å². The van der Waals surface area contributed by atoms with Crippen LogP contribution in [0.5, 0.6) is 0 Å². The van der Waals surface area contributed by atoms with E-state index in [1.165, 1.54) is 6.42 Å². The van der Waals surface area contributed by atoms with E-state index < -0.39 is 0 Å². The molecule has 0 saturated heterocycles. The first-order chi connectivity index (χ1) is 8.01. The average molecular weight is 244 g/mol. The fraction of sp³-hybridized carbons (Fsp3) is 0.923. The fourth-order valence-electron chi connectivity index (χ4n) is 1.67. The Morgan fingerprint density at radius 2 is 2.00 bits per heavy atom. The predicted octanol–water partition coefficient (Wildman–Crippen LogP) is 1.65. The SMILES string of the molecule is CCCCN(C)CC(NC(C)C)C(=O)OCC. The lowest BCUT2D eigenvalue weighted by Crippen LogP contribution is -2.48. The van der Waals surface area contributed by atoms with Gasteiger partial charge in [-0.15, -0.1) is 0 Å². The molecule has 4 nitrogen and oxygen atoms in total. The molecule has 1 unspecified atom stereocenters. The summed E-state index contributed by atoms with van der Waals surface area (Å²) in [7, 11) is 2.05. The van der Waals surface area contributed by atoms with Crippen LogP contribution in [0.15, 0.2) is 0 Å². The maximum absolute atomic E-state index is 11.8. The molecule has 0 saturated carbocycles. The first kappa shape index (κ1) is 16.4. The number of carbonyl (C=O) groups is 1. The Hall–Kier alpha value is -0.610. The zero-order valence-corrected chi connectivity index (χ0v) is 12.0. The number of hydrogen-bond donors (Lipinski definition) is 1. The predicted molar refractivity (Wildman–Crippen MR) is 71.1 cm³/mol. The van der Waals surface area contributed by atoms with Crippen LogP contribution >= 0.6 is 0 Å². The van der Waals surface area contributed by atoms with E-state index in [1.807, 2.05) is 27.8 Å². The number of unbranched alkanes of at least 4 members (excludes halogenated alkanes) is 1. The summed E-state index contributed by atoms with van der Waals surface area (Å²) in [4.78, 5) is 14.0. The number of esters is 1. The molecule has 0 spiro atoms. The van der Waals surface area contributed by atoms with Crippen LogP contribution < -0.4 is 5.32 Å². The second-order valence-electron chi connectivity index (χ2n) is 4.74. The van der Waals surface area contributed by atoms with Crippen molar-refractivity contribution in [2.24, 2.45) is 0 Å². The summed E-state index contributed by atoms with van der Waals surface area (Å²) >= 11 is 0. The van der Waals surface area contributed by atoms with Gasteiger partial charge in [-0.05, 0) is 26.9 Å². The van der Waals surface area contributed by atoms with Gasteiger partial charge in [-0.1, -0.05) is 27.2 Å². The highest BCUT2D eigenvalue weighted by Crippen LogP contribution is 1.98. The van der Waals surface area contributed by atoms with Gasteiger partial charge in [0.25, 0.3) is 0 Å². The Balaban J connectivity index is 4.21. The number of rotatable bonds is 9. The quantitative estimate of drug-likeness (QED) is 0.626. The molecule has 0 aromatic rings. The minimum absolute atomic E-state index is 0.149. The Morgan fingerprint density at radius 1 is 1.35 bits per heavy atom. The number of nitrogens with zero attached hydrogens (tertiary/aromatic N) is 1. The van der Waals surface area contributed by atoms with Gasteiger partial charge in [0, 0.05) is 12.6 Å². The number of ether oxygens (including phenoxy) is 1. The summed E-state index contributed by atoms with van der Waals surface area (Å²) in [5.41, 5.74) is 0. The molecule has 0 bridgehead atoms. The molecule has 0 aromatic heterocycles. The minimum atomic E-state index is -0.225. The molecule has 0 aromatic carbocycles. The number of hydrogen-bond acceptors (Lipinski definition) is 4. The van der Waals surface area contributed by atoms with Gasteiger partial charge in [-0.2, -0.15) is 0 Å². The topological polar surface area (TPSA) is 41.6 Å².